The van der Waals surface area contributed by atoms with Gasteiger partial charge in [-0.15, -0.1) is 0 Å². The second-order valence-corrected chi connectivity index (χ2v) is 6.09. The molecule has 24 heavy (non-hydrogen) atoms. The van der Waals surface area contributed by atoms with E-state index >= 15 is 0 Å². The fraction of sp³-hybridized carbons (Fsp3) is 0.294. The number of hydrogen-bond acceptors (Lipinski definition) is 5. The summed E-state index contributed by atoms with van der Waals surface area (Å²) < 4.78 is 13.6. The van der Waals surface area contributed by atoms with Crippen LogP contribution in [-0.2, 0) is 6.54 Å². The highest BCUT2D eigenvalue weighted by molar-refractivity contribution is 6.28. The topological polar surface area (TPSA) is 69.4 Å². The molecule has 4 rings (SSSR count). The Morgan fingerprint density at radius 2 is 2.33 bits per heavy atom. The lowest BCUT2D eigenvalue weighted by molar-refractivity contribution is 0.122. The van der Waals surface area contributed by atoms with Crippen LogP contribution in [0.25, 0.3) is 22.2 Å². The van der Waals surface area contributed by atoms with Crippen LogP contribution in [0.5, 0.6) is 11.5 Å². The Bertz CT molecular complexity index is 907. The van der Waals surface area contributed by atoms with Gasteiger partial charge in [0.25, 0.3) is 0 Å². The Morgan fingerprint density at radius 3 is 3.17 bits per heavy atom. The van der Waals surface area contributed by atoms with Crippen LogP contribution in [0.3, 0.4) is 0 Å². The van der Waals surface area contributed by atoms with E-state index < -0.39 is 6.10 Å². The van der Waals surface area contributed by atoms with Crippen molar-refractivity contribution in [2.24, 2.45) is 0 Å². The maximum Gasteiger partial charge on any atom is 0.223 e. The van der Waals surface area contributed by atoms with Gasteiger partial charge in [-0.2, -0.15) is 0 Å². The molecular formula is C17H16ClN3O3. The molecule has 1 N–H and O–H groups in total. The maximum absolute atomic E-state index is 9.48. The number of aliphatic hydroxyl groups is 1. The normalized spacial score (nSPS) is 14.5. The third-order valence-electron chi connectivity index (χ3n) is 3.91. The largest absolute Gasteiger partial charge is 0.490 e. The smallest absolute Gasteiger partial charge is 0.223 e. The summed E-state index contributed by atoms with van der Waals surface area (Å²) >= 11 is 6.01. The van der Waals surface area contributed by atoms with E-state index in [-0.39, 0.29) is 11.9 Å². The maximum atomic E-state index is 9.48. The summed E-state index contributed by atoms with van der Waals surface area (Å²) in [5.41, 5.74) is 2.55. The number of hydrogen-bond donors (Lipinski definition) is 1. The molecule has 124 valence electrons. The molecule has 0 amide bonds. The molecule has 0 fully saturated rings. The molecular weight excluding hydrogens is 330 g/mol. The molecule has 1 aliphatic rings. The van der Waals surface area contributed by atoms with Crippen LogP contribution in [0.4, 0.5) is 0 Å². The van der Waals surface area contributed by atoms with E-state index in [4.69, 9.17) is 21.1 Å². The minimum Gasteiger partial charge on any atom is -0.490 e. The molecule has 0 saturated heterocycles. The fourth-order valence-corrected chi connectivity index (χ4v) is 3.05. The average Bonchev–Trinajstić information content (AvgIpc) is 2.95. The van der Waals surface area contributed by atoms with Crippen molar-refractivity contribution in [3.8, 4) is 22.8 Å². The second kappa shape index (κ2) is 5.96. The van der Waals surface area contributed by atoms with Crippen LogP contribution >= 0.6 is 11.6 Å². The van der Waals surface area contributed by atoms with Gasteiger partial charge in [0.2, 0.25) is 5.28 Å². The first-order valence-corrected chi connectivity index (χ1v) is 8.09. The fourth-order valence-electron chi connectivity index (χ4n) is 2.92. The van der Waals surface area contributed by atoms with Gasteiger partial charge in [-0.1, -0.05) is 12.1 Å². The minimum atomic E-state index is -0.586. The minimum absolute atomic E-state index is 0.151. The molecule has 0 radical (unpaired) electrons. The van der Waals surface area contributed by atoms with Crippen LogP contribution in [-0.4, -0.2) is 39.0 Å². The van der Waals surface area contributed by atoms with Gasteiger partial charge in [0.1, 0.15) is 24.7 Å². The Balaban J connectivity index is 1.89. The third-order valence-corrected chi connectivity index (χ3v) is 4.09. The van der Waals surface area contributed by atoms with Gasteiger partial charge < -0.3 is 19.1 Å². The highest BCUT2D eigenvalue weighted by atomic mass is 35.5. The molecule has 1 atom stereocenters. The van der Waals surface area contributed by atoms with Gasteiger partial charge >= 0.3 is 0 Å². The van der Waals surface area contributed by atoms with Crippen LogP contribution in [0, 0.1) is 0 Å². The first-order chi connectivity index (χ1) is 11.6. The van der Waals surface area contributed by atoms with Crippen LogP contribution < -0.4 is 9.47 Å². The zero-order valence-corrected chi connectivity index (χ0v) is 13.8. The van der Waals surface area contributed by atoms with Crippen LogP contribution in [0.2, 0.25) is 5.28 Å². The number of benzene rings is 1. The first-order valence-electron chi connectivity index (χ1n) is 7.72. The first kappa shape index (κ1) is 15.2. The molecule has 0 aliphatic carbocycles. The number of ether oxygens (including phenoxy) is 2. The zero-order valence-electron chi connectivity index (χ0n) is 13.1. The number of rotatable bonds is 4. The van der Waals surface area contributed by atoms with Gasteiger partial charge in [-0.05, 0) is 24.6 Å². The van der Waals surface area contributed by atoms with E-state index in [1.807, 2.05) is 24.4 Å². The van der Waals surface area contributed by atoms with E-state index in [1.165, 1.54) is 6.20 Å². The lowest BCUT2D eigenvalue weighted by atomic mass is 10.1. The van der Waals surface area contributed by atoms with Gasteiger partial charge in [0.05, 0.1) is 24.4 Å². The Hall–Kier alpha value is -2.31. The quantitative estimate of drug-likeness (QED) is 0.736. The molecule has 1 unspecified atom stereocenters. The monoisotopic (exact) mass is 345 g/mol. The third kappa shape index (κ3) is 2.57. The molecule has 7 heteroatoms. The molecule has 0 spiro atoms. The zero-order chi connectivity index (χ0) is 16.7. The molecule has 0 saturated carbocycles. The highest BCUT2D eigenvalue weighted by Gasteiger charge is 2.21. The Labute approximate surface area is 143 Å². The number of aromatic nitrogens is 3. The molecule has 1 aliphatic heterocycles. The van der Waals surface area contributed by atoms with Crippen molar-refractivity contribution >= 4 is 22.5 Å². The molecule has 1 aromatic carbocycles. The lowest BCUT2D eigenvalue weighted by Crippen LogP contribution is -2.13. The van der Waals surface area contributed by atoms with Crippen molar-refractivity contribution < 1.29 is 14.6 Å². The SMILES string of the molecule is CC(O)COc1cnc(Cl)nc1-c1cn2c3c(cccc13)OCC2. The second-order valence-electron chi connectivity index (χ2n) is 5.75. The summed E-state index contributed by atoms with van der Waals surface area (Å²) in [4.78, 5) is 8.36. The summed E-state index contributed by atoms with van der Waals surface area (Å²) in [6.45, 7) is 3.23. The number of nitrogens with zero attached hydrogens (tertiary/aromatic N) is 3. The van der Waals surface area contributed by atoms with Crippen molar-refractivity contribution in [1.29, 1.82) is 0 Å². The predicted octanol–water partition coefficient (Wildman–Crippen LogP) is 2.90. The predicted molar refractivity (Wildman–Crippen MR) is 90.6 cm³/mol. The molecule has 6 nitrogen and oxygen atoms in total. The molecule has 0 bridgehead atoms. The summed E-state index contributed by atoms with van der Waals surface area (Å²) in [5, 5.41) is 10.6. The van der Waals surface area contributed by atoms with Crippen LogP contribution in [0.15, 0.2) is 30.6 Å². The summed E-state index contributed by atoms with van der Waals surface area (Å²) in [7, 11) is 0. The standard InChI is InChI=1S/C17H16ClN3O3/c1-10(22)9-24-14-7-19-17(18)20-15(14)12-8-21-5-6-23-13-4-2-3-11(12)16(13)21/h2-4,7-8,10,22H,5-6,9H2,1H3. The van der Waals surface area contributed by atoms with E-state index in [1.54, 1.807) is 6.92 Å². The van der Waals surface area contributed by atoms with Crippen molar-refractivity contribution in [3.63, 3.8) is 0 Å². The van der Waals surface area contributed by atoms with E-state index in [0.717, 1.165) is 28.8 Å². The van der Waals surface area contributed by atoms with Crippen LogP contribution in [0.1, 0.15) is 6.92 Å². The van der Waals surface area contributed by atoms with Gasteiger partial charge in [0.15, 0.2) is 5.75 Å². The van der Waals surface area contributed by atoms with E-state index in [0.29, 0.717) is 18.1 Å². The van der Waals surface area contributed by atoms with E-state index in [9.17, 15) is 5.11 Å². The highest BCUT2D eigenvalue weighted by Crippen LogP contribution is 2.39. The van der Waals surface area contributed by atoms with Gasteiger partial charge in [-0.25, -0.2) is 9.97 Å². The number of para-hydroxylation sites is 1. The summed E-state index contributed by atoms with van der Waals surface area (Å²) in [6, 6.07) is 5.93. The Kier molecular flexibility index (Phi) is 3.78. The van der Waals surface area contributed by atoms with Crippen molar-refractivity contribution in [2.75, 3.05) is 13.2 Å². The summed E-state index contributed by atoms with van der Waals surface area (Å²) in [5.74, 6) is 1.35. The molecule has 3 aromatic rings. The number of aliphatic hydroxyl groups excluding tert-OH is 1. The summed E-state index contributed by atoms with van der Waals surface area (Å²) in [6.07, 6.45) is 2.98. The Morgan fingerprint density at radius 1 is 1.46 bits per heavy atom. The van der Waals surface area contributed by atoms with Crippen molar-refractivity contribution in [3.05, 3.63) is 35.9 Å². The molecule has 2 aromatic heterocycles. The lowest BCUT2D eigenvalue weighted by Gasteiger charge is -2.16. The average molecular weight is 346 g/mol. The molecule has 3 heterocycles. The van der Waals surface area contributed by atoms with Crippen molar-refractivity contribution in [1.82, 2.24) is 14.5 Å². The number of halogens is 1. The van der Waals surface area contributed by atoms with E-state index in [2.05, 4.69) is 14.5 Å². The van der Waals surface area contributed by atoms with Gasteiger partial charge in [-0.3, -0.25) is 0 Å². The van der Waals surface area contributed by atoms with Crippen molar-refractivity contribution in [2.45, 2.75) is 19.6 Å². The van der Waals surface area contributed by atoms with Gasteiger partial charge in [0, 0.05) is 17.1 Å².